The van der Waals surface area contributed by atoms with E-state index in [2.05, 4.69) is 10.3 Å². The van der Waals surface area contributed by atoms with E-state index in [4.69, 9.17) is 0 Å². The molecule has 0 aliphatic carbocycles. The maximum Gasteiger partial charge on any atom is 0.243 e. The van der Waals surface area contributed by atoms with Gasteiger partial charge in [0.15, 0.2) is 5.13 Å². The summed E-state index contributed by atoms with van der Waals surface area (Å²) in [4.78, 5) is 17.5. The number of carbonyl (C=O) groups is 1. The first kappa shape index (κ1) is 19.0. The van der Waals surface area contributed by atoms with Gasteiger partial charge < -0.3 is 5.32 Å². The molecule has 0 unspecified atom stereocenters. The molecule has 0 fully saturated rings. The van der Waals surface area contributed by atoms with E-state index < -0.39 is 10.0 Å². The Labute approximate surface area is 158 Å². The summed E-state index contributed by atoms with van der Waals surface area (Å²) >= 11 is 1.37. The lowest BCUT2D eigenvalue weighted by Crippen LogP contribution is -2.35. The summed E-state index contributed by atoms with van der Waals surface area (Å²) in [5, 5.41) is 3.39. The normalized spacial score (nSPS) is 14.8. The number of aromatic nitrogens is 1. The van der Waals surface area contributed by atoms with E-state index in [1.165, 1.54) is 15.6 Å². The number of fused-ring (bicyclic) bond motifs is 1. The second-order valence-electron chi connectivity index (χ2n) is 6.44. The van der Waals surface area contributed by atoms with Crippen LogP contribution in [0, 0.1) is 6.92 Å². The molecule has 140 valence electrons. The predicted octanol–water partition coefficient (Wildman–Crippen LogP) is 3.33. The number of hydrogen-bond acceptors (Lipinski definition) is 5. The van der Waals surface area contributed by atoms with Gasteiger partial charge in [-0.3, -0.25) is 4.79 Å². The average molecular weight is 394 g/mol. The van der Waals surface area contributed by atoms with Crippen LogP contribution in [0.15, 0.2) is 29.2 Å². The van der Waals surface area contributed by atoms with Crippen LogP contribution in [0.5, 0.6) is 0 Å². The Morgan fingerprint density at radius 2 is 2.04 bits per heavy atom. The number of hydrogen-bond donors (Lipinski definition) is 1. The first-order chi connectivity index (χ1) is 12.4. The minimum Gasteiger partial charge on any atom is -0.302 e. The number of anilines is 1. The summed E-state index contributed by atoms with van der Waals surface area (Å²) < 4.78 is 27.2. The van der Waals surface area contributed by atoms with Crippen molar-refractivity contribution in [3.05, 3.63) is 40.4 Å². The highest BCUT2D eigenvalue weighted by molar-refractivity contribution is 7.89. The van der Waals surface area contributed by atoms with Gasteiger partial charge in [-0.05, 0) is 25.5 Å². The number of thiazole rings is 1. The molecule has 0 spiro atoms. The van der Waals surface area contributed by atoms with Gasteiger partial charge in [0.1, 0.15) is 0 Å². The highest BCUT2D eigenvalue weighted by Gasteiger charge is 2.30. The van der Waals surface area contributed by atoms with Crippen molar-refractivity contribution in [1.82, 2.24) is 9.29 Å². The van der Waals surface area contributed by atoms with E-state index in [9.17, 15) is 13.2 Å². The van der Waals surface area contributed by atoms with E-state index >= 15 is 0 Å². The lowest BCUT2D eigenvalue weighted by molar-refractivity contribution is -0.116. The molecule has 0 saturated heterocycles. The molecule has 2 aromatic rings. The zero-order valence-corrected chi connectivity index (χ0v) is 16.6. The number of amides is 1. The van der Waals surface area contributed by atoms with Gasteiger partial charge in [-0.1, -0.05) is 31.0 Å². The predicted molar refractivity (Wildman–Crippen MR) is 103 cm³/mol. The largest absolute Gasteiger partial charge is 0.302 e. The molecule has 0 atom stereocenters. The number of unbranched alkanes of at least 4 members (excludes halogenated alkanes) is 1. The maximum absolute atomic E-state index is 12.9. The van der Waals surface area contributed by atoms with Gasteiger partial charge >= 0.3 is 0 Å². The van der Waals surface area contributed by atoms with Gasteiger partial charge in [0.25, 0.3) is 0 Å². The molecule has 8 heteroatoms. The number of aryl methyl sites for hydroxylation is 1. The minimum atomic E-state index is -3.52. The first-order valence-corrected chi connectivity index (χ1v) is 11.0. The van der Waals surface area contributed by atoms with Gasteiger partial charge in [0.05, 0.1) is 17.1 Å². The third-order valence-corrected chi connectivity index (χ3v) is 7.22. The highest BCUT2D eigenvalue weighted by Crippen LogP contribution is 2.31. The fourth-order valence-electron chi connectivity index (χ4n) is 2.81. The van der Waals surface area contributed by atoms with Crippen molar-refractivity contribution >= 4 is 32.4 Å². The molecular weight excluding hydrogens is 370 g/mol. The van der Waals surface area contributed by atoms with Gasteiger partial charge in [0, 0.05) is 24.3 Å². The van der Waals surface area contributed by atoms with Crippen molar-refractivity contribution in [3.8, 4) is 0 Å². The van der Waals surface area contributed by atoms with E-state index in [0.29, 0.717) is 36.0 Å². The van der Waals surface area contributed by atoms with Crippen molar-refractivity contribution in [2.24, 2.45) is 0 Å². The number of sulfonamides is 1. The molecule has 0 saturated carbocycles. The monoisotopic (exact) mass is 393 g/mol. The molecule has 1 amide bonds. The van der Waals surface area contributed by atoms with Crippen LogP contribution < -0.4 is 5.32 Å². The van der Waals surface area contributed by atoms with Crippen LogP contribution in [0.4, 0.5) is 5.13 Å². The summed E-state index contributed by atoms with van der Waals surface area (Å²) in [5.41, 5.74) is 1.91. The van der Waals surface area contributed by atoms with Gasteiger partial charge in [-0.2, -0.15) is 4.31 Å². The molecule has 26 heavy (non-hydrogen) atoms. The zero-order chi connectivity index (χ0) is 18.7. The Morgan fingerprint density at radius 1 is 1.31 bits per heavy atom. The minimum absolute atomic E-state index is 0.0397. The quantitative estimate of drug-likeness (QED) is 0.816. The van der Waals surface area contributed by atoms with Crippen LogP contribution in [0.3, 0.4) is 0 Å². The van der Waals surface area contributed by atoms with Crippen molar-refractivity contribution < 1.29 is 13.2 Å². The summed E-state index contributed by atoms with van der Waals surface area (Å²) in [5.74, 6) is -0.0397. The van der Waals surface area contributed by atoms with Crippen molar-refractivity contribution in [3.63, 3.8) is 0 Å². The number of nitrogens with one attached hydrogen (secondary N) is 1. The molecule has 3 rings (SSSR count). The van der Waals surface area contributed by atoms with E-state index in [1.807, 2.05) is 13.8 Å². The molecule has 2 heterocycles. The van der Waals surface area contributed by atoms with Crippen LogP contribution in [-0.2, 0) is 27.8 Å². The molecule has 1 aromatic carbocycles. The molecule has 1 N–H and O–H groups in total. The Balaban J connectivity index is 1.73. The Bertz CT molecular complexity index is 889. The van der Waals surface area contributed by atoms with Gasteiger partial charge in [-0.25, -0.2) is 13.4 Å². The highest BCUT2D eigenvalue weighted by atomic mass is 32.2. The summed E-state index contributed by atoms with van der Waals surface area (Å²) in [6.45, 7) is 4.67. The van der Waals surface area contributed by atoms with Crippen LogP contribution in [0.25, 0.3) is 0 Å². The fraction of sp³-hybridized carbons (Fsp3) is 0.444. The second-order valence-corrected chi connectivity index (χ2v) is 9.46. The lowest BCUT2D eigenvalue weighted by Gasteiger charge is -2.25. The van der Waals surface area contributed by atoms with Crippen molar-refractivity contribution in [2.75, 3.05) is 11.9 Å². The molecule has 0 bridgehead atoms. The fourth-order valence-corrected chi connectivity index (χ4v) is 5.34. The van der Waals surface area contributed by atoms with E-state index in [0.717, 1.165) is 29.0 Å². The van der Waals surface area contributed by atoms with Crippen LogP contribution in [0.1, 0.15) is 42.3 Å². The molecule has 0 radical (unpaired) electrons. The maximum atomic E-state index is 12.9. The van der Waals surface area contributed by atoms with Crippen LogP contribution >= 0.6 is 11.3 Å². The number of nitrogens with zero attached hydrogens (tertiary/aromatic N) is 2. The van der Waals surface area contributed by atoms with Crippen LogP contribution in [-0.4, -0.2) is 30.2 Å². The van der Waals surface area contributed by atoms with E-state index in [-0.39, 0.29) is 5.91 Å². The number of rotatable bonds is 6. The van der Waals surface area contributed by atoms with Gasteiger partial charge in [-0.15, -0.1) is 11.3 Å². The summed E-state index contributed by atoms with van der Waals surface area (Å²) in [6, 6.07) is 6.90. The Kier molecular flexibility index (Phi) is 5.74. The standard InChI is InChI=1S/C18H23N3O3S2/c1-3-4-5-17(22)20-18-19-15-10-11-21(12-16(15)25-18)26(23,24)14-8-6-13(2)7-9-14/h6-9H,3-5,10-12H2,1-2H3,(H,19,20,22). The second kappa shape index (κ2) is 7.85. The number of carbonyl (C=O) groups excluding carboxylic acids is 1. The van der Waals surface area contributed by atoms with Crippen molar-refractivity contribution in [1.29, 1.82) is 0 Å². The SMILES string of the molecule is CCCCC(=O)Nc1nc2c(s1)CN(S(=O)(=O)c1ccc(C)cc1)CC2. The average Bonchev–Trinajstić information content (AvgIpc) is 3.01. The Morgan fingerprint density at radius 3 is 2.73 bits per heavy atom. The van der Waals surface area contributed by atoms with Crippen molar-refractivity contribution in [2.45, 2.75) is 51.0 Å². The smallest absolute Gasteiger partial charge is 0.243 e. The number of benzene rings is 1. The summed E-state index contributed by atoms with van der Waals surface area (Å²) in [7, 11) is -3.52. The zero-order valence-electron chi connectivity index (χ0n) is 15.0. The topological polar surface area (TPSA) is 79.4 Å². The van der Waals surface area contributed by atoms with Gasteiger partial charge in [0.2, 0.25) is 15.9 Å². The first-order valence-electron chi connectivity index (χ1n) is 8.75. The lowest BCUT2D eigenvalue weighted by atomic mass is 10.2. The third kappa shape index (κ3) is 4.13. The summed E-state index contributed by atoms with van der Waals surface area (Å²) in [6.07, 6.45) is 2.85. The van der Waals surface area contributed by atoms with Crippen LogP contribution in [0.2, 0.25) is 0 Å². The Hall–Kier alpha value is -1.77. The molecule has 1 aliphatic heterocycles. The molecule has 1 aliphatic rings. The third-order valence-electron chi connectivity index (χ3n) is 4.36. The van der Waals surface area contributed by atoms with E-state index in [1.54, 1.807) is 24.3 Å². The molecule has 6 nitrogen and oxygen atoms in total. The molecular formula is C18H23N3O3S2. The molecule has 1 aromatic heterocycles.